The summed E-state index contributed by atoms with van der Waals surface area (Å²) in [6.45, 7) is 6.70. The number of fused-ring (bicyclic) bond motifs is 1. The molecule has 0 amide bonds. The number of nitrogen functional groups attached to an aromatic ring is 1. The first-order valence-electron chi connectivity index (χ1n) is 9.26. The number of hydrogen-bond acceptors (Lipinski definition) is 4. The van der Waals surface area contributed by atoms with Crippen molar-refractivity contribution in [3.8, 4) is 11.4 Å². The number of nitrogens with zero attached hydrogens (tertiary/aromatic N) is 2. The third-order valence-corrected chi connectivity index (χ3v) is 5.31. The Balaban J connectivity index is 1.60. The highest BCUT2D eigenvalue weighted by Gasteiger charge is 2.21. The lowest BCUT2D eigenvalue weighted by Crippen LogP contribution is -2.35. The van der Waals surface area contributed by atoms with Crippen LogP contribution in [-0.2, 0) is 19.5 Å². The zero-order valence-electron chi connectivity index (χ0n) is 15.7. The number of aromatic amines is 1. The Kier molecular flexibility index (Phi) is 4.54. The minimum atomic E-state index is -0.0299. The molecule has 4 rings (SSSR count). The number of aromatic nitrogens is 2. The van der Waals surface area contributed by atoms with E-state index in [0.29, 0.717) is 18.1 Å². The van der Waals surface area contributed by atoms with E-state index in [0.717, 1.165) is 36.3 Å². The molecule has 1 aliphatic heterocycles. The third-order valence-electron chi connectivity index (χ3n) is 5.31. The van der Waals surface area contributed by atoms with Crippen LogP contribution in [0.1, 0.15) is 27.9 Å². The summed E-state index contributed by atoms with van der Waals surface area (Å²) in [7, 11) is 0. The molecular weight excluding hydrogens is 336 g/mol. The van der Waals surface area contributed by atoms with Gasteiger partial charge in [-0.05, 0) is 61.2 Å². The summed E-state index contributed by atoms with van der Waals surface area (Å²) in [6.07, 6.45) is 0.727. The van der Waals surface area contributed by atoms with Gasteiger partial charge >= 0.3 is 0 Å². The highest BCUT2D eigenvalue weighted by molar-refractivity contribution is 5.58. The fourth-order valence-electron chi connectivity index (χ4n) is 3.57. The fraction of sp³-hybridized carbons (Fsp3) is 0.273. The summed E-state index contributed by atoms with van der Waals surface area (Å²) in [5, 5.41) is 0. The number of nitrogens with one attached hydrogen (secondary N) is 1. The molecule has 138 valence electrons. The second kappa shape index (κ2) is 7.00. The molecule has 3 aromatic rings. The van der Waals surface area contributed by atoms with Crippen LogP contribution in [0, 0.1) is 13.8 Å². The zero-order chi connectivity index (χ0) is 19.0. The largest absolute Gasteiger partial charge is 0.399 e. The molecule has 1 aliphatic rings. The Hall–Kier alpha value is -2.92. The smallest absolute Gasteiger partial charge is 0.254 e. The van der Waals surface area contributed by atoms with Crippen molar-refractivity contribution in [2.45, 2.75) is 33.4 Å². The van der Waals surface area contributed by atoms with E-state index >= 15 is 0 Å². The molecule has 0 radical (unpaired) electrons. The molecule has 0 saturated heterocycles. The van der Waals surface area contributed by atoms with Gasteiger partial charge in [0, 0.05) is 36.4 Å². The first-order chi connectivity index (χ1) is 13.0. The molecule has 5 heteroatoms. The van der Waals surface area contributed by atoms with Crippen LogP contribution in [0.2, 0.25) is 0 Å². The average Bonchev–Trinajstić information content (AvgIpc) is 2.65. The Labute approximate surface area is 158 Å². The number of nitrogens with two attached hydrogens (primary N) is 1. The van der Waals surface area contributed by atoms with Crippen molar-refractivity contribution in [2.75, 3.05) is 12.3 Å². The van der Waals surface area contributed by atoms with Crippen LogP contribution in [0.25, 0.3) is 11.4 Å². The molecule has 0 unspecified atom stereocenters. The Morgan fingerprint density at radius 1 is 1.11 bits per heavy atom. The van der Waals surface area contributed by atoms with Crippen molar-refractivity contribution in [3.05, 3.63) is 80.8 Å². The van der Waals surface area contributed by atoms with E-state index in [9.17, 15) is 4.79 Å². The molecule has 0 spiro atoms. The van der Waals surface area contributed by atoms with Gasteiger partial charge in [0.05, 0.1) is 5.69 Å². The first kappa shape index (κ1) is 17.5. The summed E-state index contributed by atoms with van der Waals surface area (Å²) in [4.78, 5) is 22.6. The molecule has 0 fully saturated rings. The van der Waals surface area contributed by atoms with Crippen molar-refractivity contribution >= 4 is 5.69 Å². The molecule has 5 nitrogen and oxygen atoms in total. The van der Waals surface area contributed by atoms with E-state index in [4.69, 9.17) is 10.7 Å². The molecule has 2 aromatic carbocycles. The monoisotopic (exact) mass is 360 g/mol. The molecule has 27 heavy (non-hydrogen) atoms. The van der Waals surface area contributed by atoms with Gasteiger partial charge in [-0.25, -0.2) is 4.98 Å². The average molecular weight is 360 g/mol. The van der Waals surface area contributed by atoms with Crippen LogP contribution in [0.15, 0.2) is 47.3 Å². The van der Waals surface area contributed by atoms with Gasteiger partial charge in [0.2, 0.25) is 0 Å². The highest BCUT2D eigenvalue weighted by atomic mass is 16.1. The summed E-state index contributed by atoms with van der Waals surface area (Å²) >= 11 is 0. The number of hydrogen-bond donors (Lipinski definition) is 2. The maximum absolute atomic E-state index is 12.5. The number of aryl methyl sites for hydroxylation is 2. The van der Waals surface area contributed by atoms with Gasteiger partial charge in [0.15, 0.2) is 0 Å². The minimum absolute atomic E-state index is 0.0299. The van der Waals surface area contributed by atoms with E-state index in [1.165, 1.54) is 16.7 Å². The molecule has 3 N–H and O–H groups in total. The van der Waals surface area contributed by atoms with E-state index in [1.807, 2.05) is 24.3 Å². The number of H-pyrrole nitrogens is 1. The van der Waals surface area contributed by atoms with Crippen LogP contribution in [-0.4, -0.2) is 21.4 Å². The van der Waals surface area contributed by atoms with Crippen LogP contribution < -0.4 is 11.3 Å². The summed E-state index contributed by atoms with van der Waals surface area (Å²) in [6, 6.07) is 14.0. The van der Waals surface area contributed by atoms with Crippen molar-refractivity contribution < 1.29 is 0 Å². The lowest BCUT2D eigenvalue weighted by Gasteiger charge is -2.28. The van der Waals surface area contributed by atoms with Crippen molar-refractivity contribution in [1.29, 1.82) is 0 Å². The molecule has 0 aliphatic carbocycles. The van der Waals surface area contributed by atoms with Crippen LogP contribution in [0.4, 0.5) is 5.69 Å². The van der Waals surface area contributed by atoms with Crippen LogP contribution in [0.5, 0.6) is 0 Å². The van der Waals surface area contributed by atoms with Crippen LogP contribution >= 0.6 is 0 Å². The fourth-order valence-corrected chi connectivity index (χ4v) is 3.57. The van der Waals surface area contributed by atoms with Gasteiger partial charge in [-0.1, -0.05) is 18.2 Å². The lowest BCUT2D eigenvalue weighted by molar-refractivity contribution is 0.240. The van der Waals surface area contributed by atoms with Crippen molar-refractivity contribution in [3.63, 3.8) is 0 Å². The van der Waals surface area contributed by atoms with E-state index in [-0.39, 0.29) is 5.56 Å². The van der Waals surface area contributed by atoms with Crippen LogP contribution in [0.3, 0.4) is 0 Å². The molecule has 0 saturated carbocycles. The second-order valence-corrected chi connectivity index (χ2v) is 7.34. The molecular formula is C22H24N4O. The molecule has 0 atom stereocenters. The van der Waals surface area contributed by atoms with Crippen molar-refractivity contribution in [1.82, 2.24) is 14.9 Å². The predicted octanol–water partition coefficient (Wildman–Crippen LogP) is 3.19. The van der Waals surface area contributed by atoms with Gasteiger partial charge in [0.25, 0.3) is 5.56 Å². The maximum atomic E-state index is 12.5. The zero-order valence-corrected chi connectivity index (χ0v) is 15.7. The Morgan fingerprint density at radius 3 is 2.63 bits per heavy atom. The Morgan fingerprint density at radius 2 is 1.89 bits per heavy atom. The Bertz CT molecular complexity index is 1040. The number of benzene rings is 2. The summed E-state index contributed by atoms with van der Waals surface area (Å²) in [5.74, 6) is 0.604. The van der Waals surface area contributed by atoms with Gasteiger partial charge in [-0.3, -0.25) is 9.69 Å². The number of anilines is 1. The van der Waals surface area contributed by atoms with Gasteiger partial charge in [-0.15, -0.1) is 0 Å². The number of rotatable bonds is 3. The summed E-state index contributed by atoms with van der Waals surface area (Å²) < 4.78 is 0. The third kappa shape index (κ3) is 3.64. The molecule has 0 bridgehead atoms. The predicted molar refractivity (Wildman–Crippen MR) is 108 cm³/mol. The lowest BCUT2D eigenvalue weighted by atomic mass is 10.0. The molecule has 2 heterocycles. The normalized spacial score (nSPS) is 14.1. The topological polar surface area (TPSA) is 75.0 Å². The van der Waals surface area contributed by atoms with Gasteiger partial charge in [0.1, 0.15) is 5.82 Å². The molecule has 1 aromatic heterocycles. The maximum Gasteiger partial charge on any atom is 0.254 e. The van der Waals surface area contributed by atoms with Gasteiger partial charge in [-0.2, -0.15) is 0 Å². The first-order valence-corrected chi connectivity index (χ1v) is 9.26. The van der Waals surface area contributed by atoms with Gasteiger partial charge < -0.3 is 10.7 Å². The van der Waals surface area contributed by atoms with E-state index in [1.54, 1.807) is 0 Å². The second-order valence-electron chi connectivity index (χ2n) is 7.34. The van der Waals surface area contributed by atoms with E-state index < -0.39 is 0 Å². The summed E-state index contributed by atoms with van der Waals surface area (Å²) in [5.41, 5.74) is 12.9. The SMILES string of the molecule is Cc1ccc(CN2CCc3c(nc(-c4ccc(N)cc4)[nH]c3=O)C2)cc1C. The minimum Gasteiger partial charge on any atom is -0.399 e. The standard InChI is InChI=1S/C22H24N4O/c1-14-3-4-16(11-15(14)2)12-26-10-9-19-20(13-26)24-21(25-22(19)27)17-5-7-18(23)8-6-17/h3-8,11H,9-10,12-13,23H2,1-2H3,(H,24,25,27). The quantitative estimate of drug-likeness (QED) is 0.704. The van der Waals surface area contributed by atoms with Crippen molar-refractivity contribution in [2.24, 2.45) is 0 Å². The highest BCUT2D eigenvalue weighted by Crippen LogP contribution is 2.21. The van der Waals surface area contributed by atoms with E-state index in [2.05, 4.69) is 41.9 Å².